The van der Waals surface area contributed by atoms with Crippen LogP contribution in [0.15, 0.2) is 9.52 Å². The van der Waals surface area contributed by atoms with Gasteiger partial charge in [0.25, 0.3) is 11.7 Å². The van der Waals surface area contributed by atoms with E-state index >= 15 is 0 Å². The summed E-state index contributed by atoms with van der Waals surface area (Å²) in [5.74, 6) is 0.0319. The maximum absolute atomic E-state index is 11.4. The Bertz CT molecular complexity index is 364. The Kier molecular flexibility index (Phi) is 3.18. The zero-order chi connectivity index (χ0) is 11.5. The van der Waals surface area contributed by atoms with Gasteiger partial charge in [-0.15, -0.1) is 0 Å². The minimum atomic E-state index is -0.415. The van der Waals surface area contributed by atoms with Crippen LogP contribution < -0.4 is 5.32 Å². The molecule has 0 saturated carbocycles. The number of amides is 1. The van der Waals surface area contributed by atoms with Crippen LogP contribution in [-0.4, -0.2) is 29.4 Å². The van der Waals surface area contributed by atoms with Crippen molar-refractivity contribution in [3.8, 4) is 0 Å². The number of hydrogen-bond donors (Lipinski definition) is 1. The van der Waals surface area contributed by atoms with Crippen LogP contribution in [0.2, 0.25) is 0 Å². The van der Waals surface area contributed by atoms with Gasteiger partial charge in [0.15, 0.2) is 0 Å². The molecule has 0 bridgehead atoms. The Labute approximate surface area is 87.8 Å². The van der Waals surface area contributed by atoms with E-state index in [1.54, 1.807) is 0 Å². The van der Waals surface area contributed by atoms with E-state index in [0.29, 0.717) is 5.89 Å². The molecule has 0 aliphatic heterocycles. The number of nitrogens with one attached hydrogen (secondary N) is 1. The van der Waals surface area contributed by atoms with Crippen molar-refractivity contribution >= 4 is 12.6 Å². The molecule has 0 aliphatic rings. The normalized spacial score (nSPS) is 11.1. The van der Waals surface area contributed by atoms with Gasteiger partial charge in [0, 0.05) is 5.41 Å². The predicted molar refractivity (Wildman–Crippen MR) is 54.9 cm³/mol. The molecule has 0 aliphatic carbocycles. The van der Waals surface area contributed by atoms with Crippen molar-refractivity contribution in [2.24, 2.45) is 4.99 Å². The van der Waals surface area contributed by atoms with Crippen LogP contribution in [0.5, 0.6) is 0 Å². The molecule has 0 aromatic carbocycles. The Morgan fingerprint density at radius 1 is 1.60 bits per heavy atom. The van der Waals surface area contributed by atoms with Gasteiger partial charge in [-0.1, -0.05) is 25.9 Å². The zero-order valence-corrected chi connectivity index (χ0v) is 9.07. The van der Waals surface area contributed by atoms with E-state index in [4.69, 9.17) is 4.52 Å². The number of carbonyl (C=O) groups is 1. The second-order valence-corrected chi connectivity index (χ2v) is 4.06. The molecule has 0 radical (unpaired) electrons. The van der Waals surface area contributed by atoms with Crippen LogP contribution in [0.4, 0.5) is 0 Å². The number of aromatic nitrogens is 2. The third kappa shape index (κ3) is 2.87. The summed E-state index contributed by atoms with van der Waals surface area (Å²) in [5.41, 5.74) is -0.262. The minimum Gasteiger partial charge on any atom is -0.338 e. The molecule has 0 unspecified atom stereocenters. The molecule has 82 valence electrons. The van der Waals surface area contributed by atoms with Crippen LogP contribution in [-0.2, 0) is 5.41 Å². The van der Waals surface area contributed by atoms with E-state index in [1.165, 1.54) is 0 Å². The van der Waals surface area contributed by atoms with Crippen LogP contribution >= 0.6 is 0 Å². The second-order valence-electron chi connectivity index (χ2n) is 4.06. The van der Waals surface area contributed by atoms with Gasteiger partial charge in [-0.2, -0.15) is 4.98 Å². The first-order valence-electron chi connectivity index (χ1n) is 4.50. The monoisotopic (exact) mass is 210 g/mol. The fourth-order valence-corrected chi connectivity index (χ4v) is 0.827. The van der Waals surface area contributed by atoms with E-state index in [2.05, 4.69) is 27.2 Å². The molecule has 1 heterocycles. The third-order valence-corrected chi connectivity index (χ3v) is 1.62. The number of hydrogen-bond acceptors (Lipinski definition) is 5. The summed E-state index contributed by atoms with van der Waals surface area (Å²) in [6, 6.07) is 0. The smallest absolute Gasteiger partial charge is 0.294 e. The van der Waals surface area contributed by atoms with E-state index in [1.807, 2.05) is 20.8 Å². The first kappa shape index (κ1) is 11.4. The standard InChI is InChI=1S/C9H14N4O2/c1-9(2,3)8-12-6(13-15-8)7(14)11-5-10-4/h4-5H2,1-3H3,(H,11,14). The topological polar surface area (TPSA) is 80.4 Å². The largest absolute Gasteiger partial charge is 0.338 e. The third-order valence-electron chi connectivity index (χ3n) is 1.62. The van der Waals surface area contributed by atoms with Crippen molar-refractivity contribution in [3.05, 3.63) is 11.7 Å². The van der Waals surface area contributed by atoms with Crippen LogP contribution in [0, 0.1) is 0 Å². The SMILES string of the molecule is C=NCNC(=O)c1noc(C(C)(C)C)n1. The summed E-state index contributed by atoms with van der Waals surface area (Å²) < 4.78 is 4.96. The molecule has 1 N–H and O–H groups in total. The molecular formula is C9H14N4O2. The summed E-state index contributed by atoms with van der Waals surface area (Å²) in [7, 11) is 0. The average molecular weight is 210 g/mol. The summed E-state index contributed by atoms with van der Waals surface area (Å²) in [5, 5.41) is 6.04. The molecule has 0 saturated heterocycles. The van der Waals surface area contributed by atoms with Gasteiger partial charge in [-0.25, -0.2) is 0 Å². The zero-order valence-electron chi connectivity index (χ0n) is 9.07. The summed E-state index contributed by atoms with van der Waals surface area (Å²) in [6.45, 7) is 9.15. The highest BCUT2D eigenvalue weighted by Crippen LogP contribution is 2.19. The molecule has 0 fully saturated rings. The van der Waals surface area contributed by atoms with Crippen LogP contribution in [0.25, 0.3) is 0 Å². The predicted octanol–water partition coefficient (Wildman–Crippen LogP) is 0.755. The molecule has 6 nitrogen and oxygen atoms in total. The first-order chi connectivity index (χ1) is 6.95. The molecule has 1 amide bonds. The number of nitrogens with zero attached hydrogens (tertiary/aromatic N) is 3. The molecule has 0 spiro atoms. The van der Waals surface area contributed by atoms with Gasteiger partial charge < -0.3 is 9.84 Å². The molecule has 1 aromatic rings. The molecule has 15 heavy (non-hydrogen) atoms. The second kappa shape index (κ2) is 4.20. The Morgan fingerprint density at radius 3 is 2.73 bits per heavy atom. The quantitative estimate of drug-likeness (QED) is 0.746. The maximum atomic E-state index is 11.4. The molecule has 1 aromatic heterocycles. The van der Waals surface area contributed by atoms with Crippen molar-refractivity contribution in [3.63, 3.8) is 0 Å². The van der Waals surface area contributed by atoms with Crippen molar-refractivity contribution in [2.75, 3.05) is 6.67 Å². The lowest BCUT2D eigenvalue weighted by Gasteiger charge is -2.10. The summed E-state index contributed by atoms with van der Waals surface area (Å²) >= 11 is 0. The van der Waals surface area contributed by atoms with E-state index in [0.717, 1.165) is 0 Å². The van der Waals surface area contributed by atoms with Gasteiger partial charge in [-0.05, 0) is 6.72 Å². The number of aliphatic imine (C=N–C) groups is 1. The van der Waals surface area contributed by atoms with Gasteiger partial charge in [0.2, 0.25) is 5.89 Å². The molecule has 1 rings (SSSR count). The van der Waals surface area contributed by atoms with Crippen molar-refractivity contribution in [2.45, 2.75) is 26.2 Å². The van der Waals surface area contributed by atoms with Gasteiger partial charge >= 0.3 is 0 Å². The summed E-state index contributed by atoms with van der Waals surface area (Å²) in [6.07, 6.45) is 0. The fourth-order valence-electron chi connectivity index (χ4n) is 0.827. The first-order valence-corrected chi connectivity index (χ1v) is 4.50. The Morgan fingerprint density at radius 2 is 2.27 bits per heavy atom. The summed E-state index contributed by atoms with van der Waals surface area (Å²) in [4.78, 5) is 18.8. The maximum Gasteiger partial charge on any atom is 0.294 e. The highest BCUT2D eigenvalue weighted by atomic mass is 16.5. The Hall–Kier alpha value is -1.72. The molecule has 0 atom stereocenters. The number of rotatable bonds is 3. The van der Waals surface area contributed by atoms with Crippen molar-refractivity contribution < 1.29 is 9.32 Å². The van der Waals surface area contributed by atoms with E-state index in [-0.39, 0.29) is 17.9 Å². The van der Waals surface area contributed by atoms with Crippen LogP contribution in [0.1, 0.15) is 37.3 Å². The van der Waals surface area contributed by atoms with Gasteiger partial charge in [-0.3, -0.25) is 9.79 Å². The van der Waals surface area contributed by atoms with Gasteiger partial charge in [0.1, 0.15) is 6.67 Å². The van der Waals surface area contributed by atoms with Crippen LogP contribution in [0.3, 0.4) is 0 Å². The van der Waals surface area contributed by atoms with Gasteiger partial charge in [0.05, 0.1) is 0 Å². The molecule has 6 heteroatoms. The lowest BCUT2D eigenvalue weighted by Crippen LogP contribution is -2.24. The average Bonchev–Trinajstić information content (AvgIpc) is 2.62. The lowest BCUT2D eigenvalue weighted by molar-refractivity contribution is 0.0941. The fraction of sp³-hybridized carbons (Fsp3) is 0.556. The van der Waals surface area contributed by atoms with E-state index in [9.17, 15) is 4.79 Å². The van der Waals surface area contributed by atoms with E-state index < -0.39 is 5.91 Å². The Balaban J connectivity index is 2.76. The minimum absolute atomic E-state index is 0.0172. The highest BCUT2D eigenvalue weighted by Gasteiger charge is 2.23. The number of carbonyl (C=O) groups excluding carboxylic acids is 1. The van der Waals surface area contributed by atoms with Crippen molar-refractivity contribution in [1.82, 2.24) is 15.5 Å². The highest BCUT2D eigenvalue weighted by molar-refractivity contribution is 5.90. The lowest BCUT2D eigenvalue weighted by atomic mass is 9.97. The molecular weight excluding hydrogens is 196 g/mol. The van der Waals surface area contributed by atoms with Crippen molar-refractivity contribution in [1.29, 1.82) is 0 Å².